The van der Waals surface area contributed by atoms with Crippen molar-refractivity contribution >= 4 is 5.97 Å². The lowest BCUT2D eigenvalue weighted by Gasteiger charge is -2.14. The maximum absolute atomic E-state index is 10.9. The number of methoxy groups -OCH3 is 1. The van der Waals surface area contributed by atoms with Crippen molar-refractivity contribution in [2.75, 3.05) is 13.7 Å². The number of pyridine rings is 1. The van der Waals surface area contributed by atoms with Crippen molar-refractivity contribution in [1.82, 2.24) is 4.98 Å². The van der Waals surface area contributed by atoms with Gasteiger partial charge in [-0.25, -0.2) is 0 Å². The molecule has 1 heterocycles. The molecule has 18 heavy (non-hydrogen) atoms. The third-order valence-corrected chi connectivity index (χ3v) is 3.10. The zero-order chi connectivity index (χ0) is 13.2. The van der Waals surface area contributed by atoms with Crippen molar-refractivity contribution in [1.29, 1.82) is 0 Å². The fourth-order valence-corrected chi connectivity index (χ4v) is 1.98. The largest absolute Gasteiger partial charge is 0.469 e. The van der Waals surface area contributed by atoms with Crippen LogP contribution in [0.3, 0.4) is 0 Å². The summed E-state index contributed by atoms with van der Waals surface area (Å²) in [5.41, 5.74) is 6.99. The molecule has 1 unspecified atom stereocenters. The summed E-state index contributed by atoms with van der Waals surface area (Å²) in [6.07, 6.45) is 8.20. The Hall–Kier alpha value is -1.42. The number of ether oxygens (including phenoxy) is 1. The smallest absolute Gasteiger partial charge is 0.305 e. The van der Waals surface area contributed by atoms with Gasteiger partial charge in [0.1, 0.15) is 0 Å². The summed E-state index contributed by atoms with van der Waals surface area (Å²) in [5, 5.41) is 0. The summed E-state index contributed by atoms with van der Waals surface area (Å²) in [6, 6.07) is 4.01. The van der Waals surface area contributed by atoms with Gasteiger partial charge in [-0.1, -0.05) is 18.9 Å². The molecule has 0 spiro atoms. The Balaban J connectivity index is 2.23. The number of aromatic nitrogens is 1. The molecule has 0 fully saturated rings. The minimum atomic E-state index is -0.127. The monoisotopic (exact) mass is 250 g/mol. The predicted molar refractivity (Wildman–Crippen MR) is 71.1 cm³/mol. The molecule has 0 aliphatic carbocycles. The van der Waals surface area contributed by atoms with Crippen LogP contribution in [0.1, 0.15) is 43.6 Å². The summed E-state index contributed by atoms with van der Waals surface area (Å²) < 4.78 is 4.60. The van der Waals surface area contributed by atoms with E-state index < -0.39 is 0 Å². The van der Waals surface area contributed by atoms with Crippen LogP contribution in [-0.4, -0.2) is 24.6 Å². The number of nitrogens with zero attached hydrogens (tertiary/aromatic N) is 1. The van der Waals surface area contributed by atoms with Crippen LogP contribution in [0, 0.1) is 0 Å². The van der Waals surface area contributed by atoms with Gasteiger partial charge in [-0.15, -0.1) is 0 Å². The topological polar surface area (TPSA) is 65.2 Å². The van der Waals surface area contributed by atoms with E-state index in [1.807, 2.05) is 12.3 Å². The molecule has 0 aliphatic rings. The maximum atomic E-state index is 10.9. The van der Waals surface area contributed by atoms with E-state index in [2.05, 4.69) is 15.8 Å². The highest BCUT2D eigenvalue weighted by atomic mass is 16.5. The summed E-state index contributed by atoms with van der Waals surface area (Å²) in [7, 11) is 1.43. The second-order valence-electron chi connectivity index (χ2n) is 4.39. The maximum Gasteiger partial charge on any atom is 0.305 e. The minimum absolute atomic E-state index is 0.127. The number of rotatable bonds is 8. The Bertz CT molecular complexity index is 341. The molecule has 0 saturated heterocycles. The zero-order valence-corrected chi connectivity index (χ0v) is 11.0. The summed E-state index contributed by atoms with van der Waals surface area (Å²) in [5.74, 6) is 0.245. The van der Waals surface area contributed by atoms with Crippen molar-refractivity contribution in [3.63, 3.8) is 0 Å². The molecule has 2 N–H and O–H groups in total. The third-order valence-electron chi connectivity index (χ3n) is 3.10. The second-order valence-corrected chi connectivity index (χ2v) is 4.39. The number of hydrogen-bond donors (Lipinski definition) is 1. The van der Waals surface area contributed by atoms with Gasteiger partial charge in [0.05, 0.1) is 7.11 Å². The van der Waals surface area contributed by atoms with Crippen molar-refractivity contribution in [2.45, 2.75) is 38.0 Å². The Morgan fingerprint density at radius 3 is 2.89 bits per heavy atom. The standard InChI is InChI=1S/C14H22N2O2/c1-18-14(17)8-4-2-3-6-12(10-15)13-7-5-9-16-11-13/h5,7,9,11-12H,2-4,6,8,10,15H2,1H3. The fraction of sp³-hybridized carbons (Fsp3) is 0.571. The van der Waals surface area contributed by atoms with Crippen LogP contribution < -0.4 is 5.73 Å². The average molecular weight is 250 g/mol. The van der Waals surface area contributed by atoms with Gasteiger partial charge < -0.3 is 10.5 Å². The Morgan fingerprint density at radius 2 is 2.28 bits per heavy atom. The summed E-state index contributed by atoms with van der Waals surface area (Å²) >= 11 is 0. The molecular weight excluding hydrogens is 228 g/mol. The van der Waals surface area contributed by atoms with Crippen LogP contribution in [0.15, 0.2) is 24.5 Å². The number of carbonyl (C=O) groups is 1. The van der Waals surface area contributed by atoms with Crippen LogP contribution >= 0.6 is 0 Å². The lowest BCUT2D eigenvalue weighted by Crippen LogP contribution is -2.12. The van der Waals surface area contributed by atoms with E-state index in [-0.39, 0.29) is 5.97 Å². The van der Waals surface area contributed by atoms with Crippen LogP contribution in [0.2, 0.25) is 0 Å². The highest BCUT2D eigenvalue weighted by Crippen LogP contribution is 2.20. The van der Waals surface area contributed by atoms with Gasteiger partial charge in [0.25, 0.3) is 0 Å². The van der Waals surface area contributed by atoms with E-state index >= 15 is 0 Å². The molecule has 1 atom stereocenters. The summed E-state index contributed by atoms with van der Waals surface area (Å²) in [4.78, 5) is 15.1. The van der Waals surface area contributed by atoms with Crippen molar-refractivity contribution in [3.05, 3.63) is 30.1 Å². The number of esters is 1. The van der Waals surface area contributed by atoms with E-state index in [1.165, 1.54) is 12.7 Å². The molecular formula is C14H22N2O2. The molecule has 0 aromatic carbocycles. The van der Waals surface area contributed by atoms with E-state index in [9.17, 15) is 4.79 Å². The lowest BCUT2D eigenvalue weighted by atomic mass is 9.94. The first-order valence-corrected chi connectivity index (χ1v) is 6.44. The first-order chi connectivity index (χ1) is 8.77. The summed E-state index contributed by atoms with van der Waals surface area (Å²) in [6.45, 7) is 0.642. The van der Waals surface area contributed by atoms with E-state index in [4.69, 9.17) is 5.73 Å². The Labute approximate surface area is 109 Å². The number of nitrogens with two attached hydrogens (primary N) is 1. The fourth-order valence-electron chi connectivity index (χ4n) is 1.98. The van der Waals surface area contributed by atoms with Gasteiger partial charge >= 0.3 is 5.97 Å². The van der Waals surface area contributed by atoms with E-state index in [1.54, 1.807) is 6.20 Å². The highest BCUT2D eigenvalue weighted by Gasteiger charge is 2.09. The van der Waals surface area contributed by atoms with E-state index in [0.29, 0.717) is 18.9 Å². The zero-order valence-electron chi connectivity index (χ0n) is 11.0. The van der Waals surface area contributed by atoms with E-state index in [0.717, 1.165) is 25.7 Å². The number of unbranched alkanes of at least 4 members (excludes halogenated alkanes) is 2. The molecule has 4 nitrogen and oxygen atoms in total. The Morgan fingerprint density at radius 1 is 1.44 bits per heavy atom. The second kappa shape index (κ2) is 8.64. The normalized spacial score (nSPS) is 12.1. The molecule has 1 aromatic rings. The quantitative estimate of drug-likeness (QED) is 0.567. The first kappa shape index (κ1) is 14.6. The molecule has 0 radical (unpaired) electrons. The molecule has 100 valence electrons. The average Bonchev–Trinajstić information content (AvgIpc) is 2.43. The molecule has 1 rings (SSSR count). The highest BCUT2D eigenvalue weighted by molar-refractivity contribution is 5.68. The number of carbonyl (C=O) groups excluding carboxylic acids is 1. The molecule has 0 saturated carbocycles. The van der Waals surface area contributed by atoms with Gasteiger partial charge in [0, 0.05) is 18.8 Å². The van der Waals surface area contributed by atoms with Crippen LogP contribution in [0.5, 0.6) is 0 Å². The van der Waals surface area contributed by atoms with Gasteiger partial charge in [0.2, 0.25) is 0 Å². The van der Waals surface area contributed by atoms with Crippen molar-refractivity contribution in [2.24, 2.45) is 5.73 Å². The first-order valence-electron chi connectivity index (χ1n) is 6.44. The Kier molecular flexibility index (Phi) is 7.03. The van der Waals surface area contributed by atoms with Gasteiger partial charge in [-0.05, 0) is 36.9 Å². The van der Waals surface area contributed by atoms with Crippen LogP contribution in [-0.2, 0) is 9.53 Å². The van der Waals surface area contributed by atoms with Crippen LogP contribution in [0.4, 0.5) is 0 Å². The molecule has 4 heteroatoms. The van der Waals surface area contributed by atoms with Crippen molar-refractivity contribution in [3.8, 4) is 0 Å². The van der Waals surface area contributed by atoms with Gasteiger partial charge in [0.15, 0.2) is 0 Å². The van der Waals surface area contributed by atoms with Crippen molar-refractivity contribution < 1.29 is 9.53 Å². The van der Waals surface area contributed by atoms with Gasteiger partial charge in [-0.3, -0.25) is 9.78 Å². The minimum Gasteiger partial charge on any atom is -0.469 e. The predicted octanol–water partition coefficient (Wildman–Crippen LogP) is 2.25. The molecule has 1 aromatic heterocycles. The number of hydrogen-bond acceptors (Lipinski definition) is 4. The van der Waals surface area contributed by atoms with Crippen LogP contribution in [0.25, 0.3) is 0 Å². The molecule has 0 bridgehead atoms. The SMILES string of the molecule is COC(=O)CCCCCC(CN)c1cccnc1. The molecule has 0 amide bonds. The van der Waals surface area contributed by atoms with Gasteiger partial charge in [-0.2, -0.15) is 0 Å². The third kappa shape index (κ3) is 5.27. The lowest BCUT2D eigenvalue weighted by molar-refractivity contribution is -0.140. The molecule has 0 aliphatic heterocycles.